The van der Waals surface area contributed by atoms with E-state index in [0.717, 1.165) is 29.2 Å². The molecule has 2 aromatic carbocycles. The Kier molecular flexibility index (Phi) is 5.94. The zero-order chi connectivity index (χ0) is 20.9. The van der Waals surface area contributed by atoms with E-state index in [4.69, 9.17) is 0 Å². The molecule has 30 heavy (non-hydrogen) atoms. The Labute approximate surface area is 176 Å². The van der Waals surface area contributed by atoms with Crippen LogP contribution in [-0.2, 0) is 10.5 Å². The summed E-state index contributed by atoms with van der Waals surface area (Å²) in [4.78, 5) is 12.2. The molecular weight excluding hydrogens is 406 g/mol. The lowest BCUT2D eigenvalue weighted by atomic mass is 10.3. The number of carbonyl (C=O) groups is 1. The van der Waals surface area contributed by atoms with Gasteiger partial charge in [-0.05, 0) is 36.4 Å². The fraction of sp³-hybridized carbons (Fsp3) is 0.0909. The van der Waals surface area contributed by atoms with Crippen LogP contribution in [0.15, 0.2) is 79.3 Å². The number of hydrogen-bond acceptors (Lipinski definition) is 3. The zero-order valence-electron chi connectivity index (χ0n) is 15.8. The second kappa shape index (κ2) is 8.96. The zero-order valence-corrected chi connectivity index (χ0v) is 16.7. The Morgan fingerprint density at radius 1 is 1.03 bits per heavy atom. The molecule has 0 saturated heterocycles. The van der Waals surface area contributed by atoms with Crippen LogP contribution in [0.1, 0.15) is 5.56 Å². The van der Waals surface area contributed by atoms with Crippen molar-refractivity contribution in [2.75, 3.05) is 11.1 Å². The molecule has 2 aromatic heterocycles. The molecule has 0 aliphatic carbocycles. The first-order chi connectivity index (χ1) is 14.6. The molecule has 4 rings (SSSR count). The number of aromatic nitrogens is 3. The Bertz CT molecular complexity index is 1140. The van der Waals surface area contributed by atoms with E-state index in [1.165, 1.54) is 17.8 Å². The highest BCUT2D eigenvalue weighted by Gasteiger charge is 2.15. The van der Waals surface area contributed by atoms with Gasteiger partial charge in [-0.1, -0.05) is 18.2 Å². The monoisotopic (exact) mass is 424 g/mol. The third-order valence-corrected chi connectivity index (χ3v) is 5.34. The Morgan fingerprint density at radius 3 is 2.53 bits per heavy atom. The van der Waals surface area contributed by atoms with Gasteiger partial charge in [-0.15, -0.1) is 11.8 Å². The highest BCUT2D eigenvalue weighted by Crippen LogP contribution is 2.24. The third kappa shape index (κ3) is 4.44. The van der Waals surface area contributed by atoms with Crippen molar-refractivity contribution >= 4 is 23.4 Å². The van der Waals surface area contributed by atoms with Crippen LogP contribution in [0.25, 0.3) is 11.5 Å². The molecule has 0 radical (unpaired) electrons. The van der Waals surface area contributed by atoms with Crippen molar-refractivity contribution in [3.8, 4) is 11.5 Å². The lowest BCUT2D eigenvalue weighted by Gasteiger charge is -2.11. The maximum absolute atomic E-state index is 13.7. The van der Waals surface area contributed by atoms with E-state index in [9.17, 15) is 13.6 Å². The van der Waals surface area contributed by atoms with Crippen LogP contribution in [-0.4, -0.2) is 26.0 Å². The molecule has 1 amide bonds. The predicted molar refractivity (Wildman–Crippen MR) is 114 cm³/mol. The summed E-state index contributed by atoms with van der Waals surface area (Å²) in [6.45, 7) is 0. The number of thioether (sulfide) groups is 1. The molecule has 8 heteroatoms. The van der Waals surface area contributed by atoms with Crippen LogP contribution in [0, 0.1) is 11.6 Å². The standard InChI is InChI=1S/C22H18F2N4OS/c23-17-8-9-20(19(24)12-17)26-21(29)15-30-14-16-13-25-28(18-6-2-1-3-7-18)22(16)27-10-4-5-11-27/h1-13H,14-15H2,(H,26,29). The van der Waals surface area contributed by atoms with Gasteiger partial charge in [0.05, 0.1) is 23.3 Å². The van der Waals surface area contributed by atoms with E-state index in [-0.39, 0.29) is 17.3 Å². The minimum atomic E-state index is -0.799. The molecule has 4 aromatic rings. The lowest BCUT2D eigenvalue weighted by molar-refractivity contribution is -0.113. The van der Waals surface area contributed by atoms with E-state index in [0.29, 0.717) is 5.75 Å². The molecule has 152 valence electrons. The highest BCUT2D eigenvalue weighted by molar-refractivity contribution is 7.99. The molecule has 0 atom stereocenters. The first-order valence-electron chi connectivity index (χ1n) is 9.20. The van der Waals surface area contributed by atoms with Gasteiger partial charge in [-0.2, -0.15) is 5.10 Å². The van der Waals surface area contributed by atoms with Gasteiger partial charge < -0.3 is 9.88 Å². The largest absolute Gasteiger partial charge is 0.323 e. The maximum Gasteiger partial charge on any atom is 0.234 e. The number of halogens is 2. The fourth-order valence-corrected chi connectivity index (χ4v) is 3.80. The van der Waals surface area contributed by atoms with Gasteiger partial charge in [0, 0.05) is 29.8 Å². The Balaban J connectivity index is 1.46. The number of hydrogen-bond donors (Lipinski definition) is 1. The summed E-state index contributed by atoms with van der Waals surface area (Å²) in [5.74, 6) is -0.287. The van der Waals surface area contributed by atoms with Crippen LogP contribution in [0.4, 0.5) is 14.5 Å². The van der Waals surface area contributed by atoms with Crippen molar-refractivity contribution in [1.82, 2.24) is 14.3 Å². The second-order valence-electron chi connectivity index (χ2n) is 6.50. The average Bonchev–Trinajstić information content (AvgIpc) is 3.40. The van der Waals surface area contributed by atoms with Gasteiger partial charge in [-0.3, -0.25) is 4.79 Å². The summed E-state index contributed by atoms with van der Waals surface area (Å²) in [6.07, 6.45) is 5.66. The van der Waals surface area contributed by atoms with Gasteiger partial charge in [-0.25, -0.2) is 13.5 Å². The van der Waals surface area contributed by atoms with Crippen LogP contribution >= 0.6 is 11.8 Å². The summed E-state index contributed by atoms with van der Waals surface area (Å²) in [6, 6.07) is 16.7. The van der Waals surface area contributed by atoms with E-state index >= 15 is 0 Å². The Hall–Kier alpha value is -3.39. The summed E-state index contributed by atoms with van der Waals surface area (Å²) in [7, 11) is 0. The molecule has 0 unspecified atom stereocenters. The average molecular weight is 424 g/mol. The molecule has 0 aliphatic rings. The smallest absolute Gasteiger partial charge is 0.234 e. The van der Waals surface area contributed by atoms with Crippen LogP contribution in [0.3, 0.4) is 0 Å². The van der Waals surface area contributed by atoms with Gasteiger partial charge in [0.1, 0.15) is 17.5 Å². The van der Waals surface area contributed by atoms with Crippen molar-refractivity contribution < 1.29 is 13.6 Å². The third-order valence-electron chi connectivity index (χ3n) is 4.36. The van der Waals surface area contributed by atoms with E-state index < -0.39 is 11.6 Å². The topological polar surface area (TPSA) is 51.9 Å². The first kappa shape index (κ1) is 19.9. The Morgan fingerprint density at radius 2 is 1.80 bits per heavy atom. The SMILES string of the molecule is O=C(CSCc1cnn(-c2ccccc2)c1-n1cccc1)Nc1ccc(F)cc1F. The molecule has 5 nitrogen and oxygen atoms in total. The van der Waals surface area contributed by atoms with Crippen LogP contribution in [0.5, 0.6) is 0 Å². The molecule has 0 saturated carbocycles. The summed E-state index contributed by atoms with van der Waals surface area (Å²) < 4.78 is 30.5. The quantitative estimate of drug-likeness (QED) is 0.463. The molecule has 1 N–H and O–H groups in total. The summed E-state index contributed by atoms with van der Waals surface area (Å²) in [5, 5.41) is 6.99. The van der Waals surface area contributed by atoms with Crippen molar-refractivity contribution in [3.63, 3.8) is 0 Å². The molecule has 0 spiro atoms. The van der Waals surface area contributed by atoms with E-state index in [1.54, 1.807) is 6.20 Å². The number of nitrogens with zero attached hydrogens (tertiary/aromatic N) is 3. The van der Waals surface area contributed by atoms with E-state index in [1.807, 2.05) is 64.1 Å². The summed E-state index contributed by atoms with van der Waals surface area (Å²) >= 11 is 1.39. The van der Waals surface area contributed by atoms with E-state index in [2.05, 4.69) is 10.4 Å². The van der Waals surface area contributed by atoms with Crippen molar-refractivity contribution in [1.29, 1.82) is 0 Å². The lowest BCUT2D eigenvalue weighted by Crippen LogP contribution is -2.15. The predicted octanol–water partition coefficient (Wildman–Crippen LogP) is 4.81. The number of nitrogens with one attached hydrogen (secondary N) is 1. The van der Waals surface area contributed by atoms with Crippen molar-refractivity contribution in [3.05, 3.63) is 96.5 Å². The molecule has 0 aliphatic heterocycles. The minimum absolute atomic E-state index is 0.0353. The van der Waals surface area contributed by atoms with Gasteiger partial charge in [0.2, 0.25) is 5.91 Å². The molecule has 0 bridgehead atoms. The molecule has 0 fully saturated rings. The summed E-state index contributed by atoms with van der Waals surface area (Å²) in [5.41, 5.74) is 1.86. The first-order valence-corrected chi connectivity index (χ1v) is 10.4. The van der Waals surface area contributed by atoms with Crippen molar-refractivity contribution in [2.24, 2.45) is 0 Å². The number of para-hydroxylation sites is 1. The van der Waals surface area contributed by atoms with Gasteiger partial charge in [0.15, 0.2) is 0 Å². The minimum Gasteiger partial charge on any atom is -0.323 e. The fourth-order valence-electron chi connectivity index (χ4n) is 3.02. The highest BCUT2D eigenvalue weighted by atomic mass is 32.2. The normalized spacial score (nSPS) is 10.9. The molecule has 2 heterocycles. The number of amides is 1. The van der Waals surface area contributed by atoms with Crippen LogP contribution < -0.4 is 5.32 Å². The van der Waals surface area contributed by atoms with Gasteiger partial charge >= 0.3 is 0 Å². The van der Waals surface area contributed by atoms with Gasteiger partial charge in [0.25, 0.3) is 0 Å². The molecular formula is C22H18F2N4OS. The number of rotatable bonds is 7. The van der Waals surface area contributed by atoms with Crippen LogP contribution in [0.2, 0.25) is 0 Å². The number of anilines is 1. The maximum atomic E-state index is 13.7. The number of carbonyl (C=O) groups excluding carboxylic acids is 1. The van der Waals surface area contributed by atoms with Crippen molar-refractivity contribution in [2.45, 2.75) is 5.75 Å². The number of benzene rings is 2. The second-order valence-corrected chi connectivity index (χ2v) is 7.48.